The highest BCUT2D eigenvalue weighted by molar-refractivity contribution is 7.99. The average molecular weight is 283 g/mol. The molecule has 19 heavy (non-hydrogen) atoms. The van der Waals surface area contributed by atoms with Crippen molar-refractivity contribution in [3.8, 4) is 0 Å². The van der Waals surface area contributed by atoms with E-state index in [9.17, 15) is 0 Å². The van der Waals surface area contributed by atoms with Crippen molar-refractivity contribution in [1.82, 2.24) is 14.9 Å². The molecule has 0 atom stereocenters. The van der Waals surface area contributed by atoms with E-state index in [0.717, 1.165) is 5.92 Å². The van der Waals surface area contributed by atoms with E-state index in [1.807, 2.05) is 0 Å². The summed E-state index contributed by atoms with van der Waals surface area (Å²) in [7, 11) is 0. The van der Waals surface area contributed by atoms with Gasteiger partial charge in [-0.2, -0.15) is 11.8 Å². The molecule has 110 valence electrons. The quantitative estimate of drug-likeness (QED) is 0.782. The number of rotatable bonds is 4. The van der Waals surface area contributed by atoms with Gasteiger partial charge in [0.15, 0.2) is 0 Å². The average Bonchev–Trinajstić information content (AvgIpc) is 3.00. The zero-order valence-corrected chi connectivity index (χ0v) is 13.0. The van der Waals surface area contributed by atoms with Crippen LogP contribution in [0.25, 0.3) is 0 Å². The molecular formula is C15H29N3S. The lowest BCUT2D eigenvalue weighted by Crippen LogP contribution is -2.50. The number of thioether (sulfide) groups is 1. The topological polar surface area (TPSA) is 9.72 Å². The number of piperidine rings is 1. The molecule has 3 fully saturated rings. The maximum absolute atomic E-state index is 2.67. The van der Waals surface area contributed by atoms with E-state index in [4.69, 9.17) is 0 Å². The van der Waals surface area contributed by atoms with Crippen molar-refractivity contribution < 1.29 is 0 Å². The third-order valence-electron chi connectivity index (χ3n) is 5.03. The molecule has 3 saturated heterocycles. The first-order valence-corrected chi connectivity index (χ1v) is 9.37. The Balaban J connectivity index is 1.34. The lowest BCUT2D eigenvalue weighted by molar-refractivity contribution is -0.0430. The minimum atomic E-state index is 0.996. The van der Waals surface area contributed by atoms with Crippen molar-refractivity contribution in [3.05, 3.63) is 0 Å². The van der Waals surface area contributed by atoms with Crippen LogP contribution in [0.2, 0.25) is 0 Å². The zero-order chi connectivity index (χ0) is 12.9. The summed E-state index contributed by atoms with van der Waals surface area (Å²) in [6, 6.07) is 0. The summed E-state index contributed by atoms with van der Waals surface area (Å²) in [5.74, 6) is 3.65. The maximum Gasteiger partial charge on any atom is 0.0224 e. The van der Waals surface area contributed by atoms with E-state index in [1.165, 1.54) is 89.4 Å². The van der Waals surface area contributed by atoms with E-state index in [1.54, 1.807) is 0 Å². The highest BCUT2D eigenvalue weighted by atomic mass is 32.2. The Hall–Kier alpha value is 0.230. The Labute approximate surface area is 122 Å². The van der Waals surface area contributed by atoms with Gasteiger partial charge in [0, 0.05) is 37.7 Å². The van der Waals surface area contributed by atoms with Crippen molar-refractivity contribution in [2.45, 2.75) is 32.1 Å². The minimum absolute atomic E-state index is 0.996. The van der Waals surface area contributed by atoms with Gasteiger partial charge in [0.25, 0.3) is 0 Å². The first-order chi connectivity index (χ1) is 9.42. The molecule has 0 saturated carbocycles. The van der Waals surface area contributed by atoms with Crippen molar-refractivity contribution in [3.63, 3.8) is 0 Å². The van der Waals surface area contributed by atoms with Gasteiger partial charge in [0.05, 0.1) is 0 Å². The molecule has 0 N–H and O–H groups in total. The van der Waals surface area contributed by atoms with Crippen molar-refractivity contribution in [1.29, 1.82) is 0 Å². The van der Waals surface area contributed by atoms with Gasteiger partial charge in [-0.3, -0.25) is 0 Å². The summed E-state index contributed by atoms with van der Waals surface area (Å²) in [5, 5.41) is 5.26. The van der Waals surface area contributed by atoms with Crippen LogP contribution in [0.5, 0.6) is 0 Å². The predicted molar refractivity (Wildman–Crippen MR) is 83.5 cm³/mol. The third-order valence-corrected chi connectivity index (χ3v) is 5.97. The lowest BCUT2D eigenvalue weighted by atomic mass is 9.94. The van der Waals surface area contributed by atoms with Crippen molar-refractivity contribution in [2.75, 3.05) is 57.3 Å². The summed E-state index contributed by atoms with van der Waals surface area (Å²) in [4.78, 5) is 2.67. The van der Waals surface area contributed by atoms with Crippen LogP contribution in [0.15, 0.2) is 0 Å². The first kappa shape index (κ1) is 14.2. The van der Waals surface area contributed by atoms with E-state index >= 15 is 0 Å². The molecule has 3 nitrogen and oxygen atoms in total. The Morgan fingerprint density at radius 3 is 2.11 bits per heavy atom. The molecule has 3 aliphatic heterocycles. The van der Waals surface area contributed by atoms with Crippen LogP contribution in [0.4, 0.5) is 0 Å². The second-order valence-corrected chi connectivity index (χ2v) is 7.53. The first-order valence-electron chi connectivity index (χ1n) is 8.22. The van der Waals surface area contributed by atoms with Gasteiger partial charge < -0.3 is 4.90 Å². The summed E-state index contributed by atoms with van der Waals surface area (Å²) >= 11 is 2.11. The van der Waals surface area contributed by atoms with E-state index in [2.05, 4.69) is 26.7 Å². The molecule has 4 heteroatoms. The molecule has 0 bridgehead atoms. The molecular weight excluding hydrogens is 254 g/mol. The van der Waals surface area contributed by atoms with E-state index < -0.39 is 0 Å². The molecule has 0 unspecified atom stereocenters. The summed E-state index contributed by atoms with van der Waals surface area (Å²) in [6.07, 6.45) is 7.18. The number of likely N-dealkylation sites (tertiary alicyclic amines) is 1. The highest BCUT2D eigenvalue weighted by Crippen LogP contribution is 2.24. The van der Waals surface area contributed by atoms with E-state index in [-0.39, 0.29) is 0 Å². The Morgan fingerprint density at radius 1 is 0.789 bits per heavy atom. The Bertz CT molecular complexity index is 254. The molecule has 0 aromatic rings. The van der Waals surface area contributed by atoms with Crippen LogP contribution in [0.3, 0.4) is 0 Å². The molecule has 0 radical (unpaired) electrons. The number of hydrazine groups is 1. The molecule has 0 aliphatic carbocycles. The van der Waals surface area contributed by atoms with Gasteiger partial charge in [0.2, 0.25) is 0 Å². The smallest absolute Gasteiger partial charge is 0.0224 e. The van der Waals surface area contributed by atoms with Gasteiger partial charge in [0.1, 0.15) is 0 Å². The Morgan fingerprint density at radius 2 is 1.42 bits per heavy atom. The van der Waals surface area contributed by atoms with Crippen LogP contribution < -0.4 is 0 Å². The van der Waals surface area contributed by atoms with Crippen LogP contribution in [0.1, 0.15) is 32.1 Å². The second-order valence-electron chi connectivity index (χ2n) is 6.30. The summed E-state index contributed by atoms with van der Waals surface area (Å²) in [6.45, 7) is 9.29. The largest absolute Gasteiger partial charge is 0.303 e. The monoisotopic (exact) mass is 283 g/mol. The van der Waals surface area contributed by atoms with Gasteiger partial charge in [-0.25, -0.2) is 10.0 Å². The van der Waals surface area contributed by atoms with Crippen LogP contribution in [-0.2, 0) is 0 Å². The number of hydrogen-bond donors (Lipinski definition) is 0. The molecule has 3 rings (SSSR count). The van der Waals surface area contributed by atoms with Gasteiger partial charge in [-0.1, -0.05) is 0 Å². The third kappa shape index (κ3) is 4.10. The standard InChI is InChI=1S/C15H29N3S/c1-2-7-16(6-1)8-3-15-4-9-17(10-5-15)18-11-13-19-14-12-18/h15H,1-14H2. The van der Waals surface area contributed by atoms with Crippen LogP contribution in [0, 0.1) is 5.92 Å². The van der Waals surface area contributed by atoms with Gasteiger partial charge >= 0.3 is 0 Å². The van der Waals surface area contributed by atoms with Gasteiger partial charge in [-0.05, 0) is 57.7 Å². The molecule has 0 amide bonds. The maximum atomic E-state index is 2.67. The van der Waals surface area contributed by atoms with Crippen LogP contribution in [-0.4, -0.2) is 72.2 Å². The fourth-order valence-corrected chi connectivity index (χ4v) is 4.58. The fraction of sp³-hybridized carbons (Fsp3) is 1.00. The number of nitrogens with zero attached hydrogens (tertiary/aromatic N) is 3. The normalized spacial score (nSPS) is 29.1. The number of hydrogen-bond acceptors (Lipinski definition) is 4. The van der Waals surface area contributed by atoms with E-state index in [0.29, 0.717) is 0 Å². The highest BCUT2D eigenvalue weighted by Gasteiger charge is 2.25. The predicted octanol–water partition coefficient (Wildman–Crippen LogP) is 2.15. The molecule has 0 aromatic carbocycles. The SMILES string of the molecule is C1CCN(CCC2CCN(N3CCSCC3)CC2)C1. The summed E-state index contributed by atoms with van der Waals surface area (Å²) in [5.41, 5.74) is 0. The zero-order valence-electron chi connectivity index (χ0n) is 12.2. The molecule has 0 aromatic heterocycles. The minimum Gasteiger partial charge on any atom is -0.303 e. The Kier molecular flexibility index (Phi) is 5.45. The van der Waals surface area contributed by atoms with Crippen molar-refractivity contribution >= 4 is 11.8 Å². The second kappa shape index (κ2) is 7.30. The summed E-state index contributed by atoms with van der Waals surface area (Å²) < 4.78 is 0. The molecule has 3 aliphatic rings. The fourth-order valence-electron chi connectivity index (χ4n) is 3.70. The lowest BCUT2D eigenvalue weighted by Gasteiger charge is -2.41. The van der Waals surface area contributed by atoms with Crippen LogP contribution >= 0.6 is 11.8 Å². The molecule has 0 spiro atoms. The molecule has 3 heterocycles. The van der Waals surface area contributed by atoms with Crippen molar-refractivity contribution in [2.24, 2.45) is 5.92 Å². The van der Waals surface area contributed by atoms with Gasteiger partial charge in [-0.15, -0.1) is 0 Å².